The number of rotatable bonds is 8. The van der Waals surface area contributed by atoms with Crippen LogP contribution in [0.15, 0.2) is 52.0 Å². The predicted octanol–water partition coefficient (Wildman–Crippen LogP) is 2.42. The summed E-state index contributed by atoms with van der Waals surface area (Å²) < 4.78 is 20.9. The van der Waals surface area contributed by atoms with Crippen LogP contribution in [0.3, 0.4) is 0 Å². The molecule has 0 fully saturated rings. The van der Waals surface area contributed by atoms with Gasteiger partial charge >= 0.3 is 5.97 Å². The van der Waals surface area contributed by atoms with Gasteiger partial charge in [-0.2, -0.15) is 0 Å². The molecule has 1 aliphatic heterocycles. The molecule has 4 rings (SSSR count). The molecule has 172 valence electrons. The SMILES string of the molecule is CCOC(=O)c1c[nH]c(=O)c([C@@H](CC(=O)NCc2ccco2)c2ccc3c(c2)OCO3)c1O. The van der Waals surface area contributed by atoms with Crippen LogP contribution in [0.5, 0.6) is 17.2 Å². The van der Waals surface area contributed by atoms with Gasteiger partial charge in [0, 0.05) is 18.5 Å². The molecule has 1 amide bonds. The van der Waals surface area contributed by atoms with Crippen LogP contribution in [-0.4, -0.2) is 35.4 Å². The number of amides is 1. The first kappa shape index (κ1) is 22.0. The molecule has 1 aromatic carbocycles. The summed E-state index contributed by atoms with van der Waals surface area (Å²) in [5.41, 5.74) is -0.447. The number of carbonyl (C=O) groups is 2. The Morgan fingerprint density at radius 2 is 2.06 bits per heavy atom. The van der Waals surface area contributed by atoms with Gasteiger partial charge < -0.3 is 34.0 Å². The van der Waals surface area contributed by atoms with Gasteiger partial charge in [0.25, 0.3) is 5.56 Å². The van der Waals surface area contributed by atoms with Crippen LogP contribution < -0.4 is 20.3 Å². The van der Waals surface area contributed by atoms with Crippen molar-refractivity contribution >= 4 is 11.9 Å². The fourth-order valence-electron chi connectivity index (χ4n) is 3.60. The molecule has 0 saturated carbocycles. The molecule has 10 nitrogen and oxygen atoms in total. The first-order valence-corrected chi connectivity index (χ1v) is 10.3. The van der Waals surface area contributed by atoms with Crippen LogP contribution in [0.1, 0.15) is 46.5 Å². The molecule has 0 aliphatic carbocycles. The third-order valence-electron chi connectivity index (χ3n) is 5.17. The number of benzene rings is 1. The van der Waals surface area contributed by atoms with E-state index in [4.69, 9.17) is 18.6 Å². The molecule has 0 bridgehead atoms. The van der Waals surface area contributed by atoms with Crippen molar-refractivity contribution in [1.82, 2.24) is 10.3 Å². The third kappa shape index (κ3) is 4.69. The maximum Gasteiger partial charge on any atom is 0.343 e. The van der Waals surface area contributed by atoms with Crippen LogP contribution in [0.25, 0.3) is 0 Å². The Labute approximate surface area is 188 Å². The lowest BCUT2D eigenvalue weighted by Crippen LogP contribution is -2.27. The number of carbonyl (C=O) groups excluding carboxylic acids is 2. The van der Waals surface area contributed by atoms with Gasteiger partial charge in [0.1, 0.15) is 17.1 Å². The van der Waals surface area contributed by atoms with E-state index in [0.717, 1.165) is 6.20 Å². The van der Waals surface area contributed by atoms with Gasteiger partial charge in [-0.1, -0.05) is 6.07 Å². The summed E-state index contributed by atoms with van der Waals surface area (Å²) in [5.74, 6) is -1.08. The molecular weight excluding hydrogens is 432 g/mol. The number of pyridine rings is 1. The van der Waals surface area contributed by atoms with E-state index in [9.17, 15) is 19.5 Å². The number of aromatic hydroxyl groups is 1. The van der Waals surface area contributed by atoms with E-state index >= 15 is 0 Å². The summed E-state index contributed by atoms with van der Waals surface area (Å²) in [7, 11) is 0. The Morgan fingerprint density at radius 1 is 1.24 bits per heavy atom. The minimum absolute atomic E-state index is 0.0528. The molecule has 3 aromatic rings. The van der Waals surface area contributed by atoms with Crippen molar-refractivity contribution in [3.05, 3.63) is 75.6 Å². The lowest BCUT2D eigenvalue weighted by atomic mass is 9.87. The Bertz CT molecular complexity index is 1220. The lowest BCUT2D eigenvalue weighted by Gasteiger charge is -2.19. The molecule has 0 unspecified atom stereocenters. The van der Waals surface area contributed by atoms with E-state index in [0.29, 0.717) is 22.8 Å². The second-order valence-electron chi connectivity index (χ2n) is 7.24. The first-order valence-electron chi connectivity index (χ1n) is 10.3. The molecule has 33 heavy (non-hydrogen) atoms. The number of aromatic nitrogens is 1. The third-order valence-corrected chi connectivity index (χ3v) is 5.17. The van der Waals surface area contributed by atoms with Crippen molar-refractivity contribution in [1.29, 1.82) is 0 Å². The number of nitrogens with one attached hydrogen (secondary N) is 2. The maximum absolute atomic E-state index is 12.8. The second-order valence-corrected chi connectivity index (χ2v) is 7.24. The smallest absolute Gasteiger partial charge is 0.343 e. The molecule has 3 N–H and O–H groups in total. The summed E-state index contributed by atoms with van der Waals surface area (Å²) >= 11 is 0. The van der Waals surface area contributed by atoms with E-state index in [1.807, 2.05) is 0 Å². The van der Waals surface area contributed by atoms with Gasteiger partial charge in [0.2, 0.25) is 12.7 Å². The number of hydrogen-bond donors (Lipinski definition) is 3. The van der Waals surface area contributed by atoms with Gasteiger partial charge in [-0.05, 0) is 36.8 Å². The molecule has 0 saturated heterocycles. The van der Waals surface area contributed by atoms with Crippen LogP contribution >= 0.6 is 0 Å². The molecule has 1 aliphatic rings. The van der Waals surface area contributed by atoms with Gasteiger partial charge in [-0.3, -0.25) is 9.59 Å². The van der Waals surface area contributed by atoms with Gasteiger partial charge in [-0.15, -0.1) is 0 Å². The molecule has 3 heterocycles. The van der Waals surface area contributed by atoms with E-state index < -0.39 is 29.1 Å². The summed E-state index contributed by atoms with van der Waals surface area (Å²) in [6, 6.07) is 8.40. The zero-order valence-corrected chi connectivity index (χ0v) is 17.8. The van der Waals surface area contributed by atoms with E-state index in [1.54, 1.807) is 37.3 Å². The fraction of sp³-hybridized carbons (Fsp3) is 0.261. The van der Waals surface area contributed by atoms with Crippen LogP contribution in [0, 0.1) is 0 Å². The summed E-state index contributed by atoms with van der Waals surface area (Å²) in [5, 5.41) is 13.6. The average molecular weight is 454 g/mol. The number of ether oxygens (including phenoxy) is 3. The van der Waals surface area contributed by atoms with Crippen molar-refractivity contribution in [2.24, 2.45) is 0 Å². The van der Waals surface area contributed by atoms with Crippen LogP contribution in [0.2, 0.25) is 0 Å². The Morgan fingerprint density at radius 3 is 2.82 bits per heavy atom. The standard InChI is InChI=1S/C23H22N2O8/c1-2-30-23(29)16-11-25-22(28)20(21(16)27)15(9-19(26)24-10-14-4-3-7-31-14)13-5-6-17-18(8-13)33-12-32-17/h3-8,11,15H,2,9-10,12H2,1H3,(H,24,26)(H2,25,27,28)/t15-/m0/s1. The lowest BCUT2D eigenvalue weighted by molar-refractivity contribution is -0.121. The van der Waals surface area contributed by atoms with E-state index in [1.165, 1.54) is 6.26 Å². The Balaban J connectivity index is 1.71. The molecule has 10 heteroatoms. The van der Waals surface area contributed by atoms with E-state index in [2.05, 4.69) is 10.3 Å². The minimum Gasteiger partial charge on any atom is -0.506 e. The van der Waals surface area contributed by atoms with Crippen molar-refractivity contribution in [2.75, 3.05) is 13.4 Å². The number of esters is 1. The summed E-state index contributed by atoms with van der Waals surface area (Å²) in [6.07, 6.45) is 2.39. The Hall–Kier alpha value is -4.21. The van der Waals surface area contributed by atoms with Crippen molar-refractivity contribution in [2.45, 2.75) is 25.8 Å². The highest BCUT2D eigenvalue weighted by atomic mass is 16.7. The van der Waals surface area contributed by atoms with Crippen molar-refractivity contribution in [3.8, 4) is 17.2 Å². The molecule has 0 spiro atoms. The Kier molecular flexibility index (Phi) is 6.34. The number of aromatic amines is 1. The predicted molar refractivity (Wildman–Crippen MR) is 114 cm³/mol. The largest absolute Gasteiger partial charge is 0.506 e. The highest BCUT2D eigenvalue weighted by Gasteiger charge is 2.29. The minimum atomic E-state index is -0.894. The number of furan rings is 1. The van der Waals surface area contributed by atoms with Crippen molar-refractivity contribution < 1.29 is 33.3 Å². The van der Waals surface area contributed by atoms with Crippen molar-refractivity contribution in [3.63, 3.8) is 0 Å². The maximum atomic E-state index is 12.8. The van der Waals surface area contributed by atoms with E-state index in [-0.39, 0.29) is 37.5 Å². The summed E-state index contributed by atoms with van der Waals surface area (Å²) in [4.78, 5) is 40.3. The quantitative estimate of drug-likeness (QED) is 0.441. The molecule has 2 aromatic heterocycles. The van der Waals surface area contributed by atoms with Gasteiger partial charge in [-0.25, -0.2) is 4.79 Å². The highest BCUT2D eigenvalue weighted by molar-refractivity contribution is 5.92. The second kappa shape index (κ2) is 9.51. The zero-order chi connectivity index (χ0) is 23.4. The highest BCUT2D eigenvalue weighted by Crippen LogP contribution is 2.39. The van der Waals surface area contributed by atoms with Gasteiger partial charge in [0.15, 0.2) is 11.5 Å². The van der Waals surface area contributed by atoms with Crippen LogP contribution in [-0.2, 0) is 16.1 Å². The average Bonchev–Trinajstić information content (AvgIpc) is 3.48. The monoisotopic (exact) mass is 454 g/mol. The van der Waals surface area contributed by atoms with Crippen LogP contribution in [0.4, 0.5) is 0 Å². The fourth-order valence-corrected chi connectivity index (χ4v) is 3.60. The molecular formula is C23H22N2O8. The summed E-state index contributed by atoms with van der Waals surface area (Å²) in [6.45, 7) is 1.93. The molecule has 1 atom stereocenters. The topological polar surface area (TPSA) is 140 Å². The van der Waals surface area contributed by atoms with Gasteiger partial charge in [0.05, 0.1) is 25.0 Å². The number of hydrogen-bond acceptors (Lipinski definition) is 8. The number of H-pyrrole nitrogens is 1. The number of fused-ring (bicyclic) bond motifs is 1. The normalized spacial score (nSPS) is 12.9. The zero-order valence-electron chi connectivity index (χ0n) is 17.8. The first-order chi connectivity index (χ1) is 16.0. The molecule has 0 radical (unpaired) electrons.